The highest BCUT2D eigenvalue weighted by atomic mass is 16.4. The number of hydrogen-bond donors (Lipinski definition) is 1. The summed E-state index contributed by atoms with van der Waals surface area (Å²) in [5, 5.41) is 8.58. The number of carbonyl (C=O) groups is 1. The average molecular weight is 140 g/mol. The first-order chi connectivity index (χ1) is 4.74. The standard InChI is InChI=1S/C8H12O2/c1-2-7(8(9)10)5-6-3-4-6/h2,6-7H,1,3-5H2,(H,9,10). The van der Waals surface area contributed by atoms with Crippen LogP contribution in [0.15, 0.2) is 12.7 Å². The molecule has 1 unspecified atom stereocenters. The van der Waals surface area contributed by atoms with Crippen LogP contribution in [0.25, 0.3) is 0 Å². The van der Waals surface area contributed by atoms with Crippen molar-refractivity contribution in [3.8, 4) is 0 Å². The van der Waals surface area contributed by atoms with Crippen LogP contribution in [-0.2, 0) is 4.79 Å². The van der Waals surface area contributed by atoms with Crippen LogP contribution in [0.1, 0.15) is 19.3 Å². The summed E-state index contributed by atoms with van der Waals surface area (Å²) >= 11 is 0. The van der Waals surface area contributed by atoms with E-state index in [0.29, 0.717) is 5.92 Å². The Morgan fingerprint density at radius 2 is 2.40 bits per heavy atom. The summed E-state index contributed by atoms with van der Waals surface area (Å²) in [4.78, 5) is 10.4. The van der Waals surface area contributed by atoms with Gasteiger partial charge in [0.25, 0.3) is 0 Å². The molecule has 1 aliphatic rings. The minimum Gasteiger partial charge on any atom is -0.481 e. The molecule has 1 fully saturated rings. The molecule has 0 radical (unpaired) electrons. The maximum absolute atomic E-state index is 10.4. The highest BCUT2D eigenvalue weighted by Crippen LogP contribution is 2.35. The zero-order chi connectivity index (χ0) is 7.56. The molecule has 1 N–H and O–H groups in total. The topological polar surface area (TPSA) is 37.3 Å². The van der Waals surface area contributed by atoms with Gasteiger partial charge in [-0.25, -0.2) is 0 Å². The molecule has 0 aliphatic heterocycles. The van der Waals surface area contributed by atoms with E-state index in [-0.39, 0.29) is 5.92 Å². The minimum absolute atomic E-state index is 0.313. The number of carboxylic acids is 1. The Kier molecular flexibility index (Phi) is 2.10. The lowest BCUT2D eigenvalue weighted by Gasteiger charge is -2.03. The maximum Gasteiger partial charge on any atom is 0.310 e. The summed E-state index contributed by atoms with van der Waals surface area (Å²) in [6.45, 7) is 3.48. The van der Waals surface area contributed by atoms with Crippen molar-refractivity contribution in [3.63, 3.8) is 0 Å². The van der Waals surface area contributed by atoms with Gasteiger partial charge in [-0.3, -0.25) is 4.79 Å². The molecule has 0 aromatic heterocycles. The molecule has 0 saturated heterocycles. The smallest absolute Gasteiger partial charge is 0.310 e. The first-order valence-corrected chi connectivity index (χ1v) is 3.59. The average Bonchev–Trinajstić information content (AvgIpc) is 2.64. The Bertz CT molecular complexity index is 147. The van der Waals surface area contributed by atoms with Gasteiger partial charge in [-0.15, -0.1) is 6.58 Å². The number of carboxylic acid groups (broad SMARTS) is 1. The van der Waals surface area contributed by atoms with Gasteiger partial charge in [-0.1, -0.05) is 18.9 Å². The first-order valence-electron chi connectivity index (χ1n) is 3.59. The monoisotopic (exact) mass is 140 g/mol. The zero-order valence-corrected chi connectivity index (χ0v) is 5.92. The molecule has 0 spiro atoms. The van der Waals surface area contributed by atoms with E-state index in [1.165, 1.54) is 18.9 Å². The number of rotatable bonds is 4. The van der Waals surface area contributed by atoms with Gasteiger partial charge in [-0.2, -0.15) is 0 Å². The van der Waals surface area contributed by atoms with Gasteiger partial charge in [0, 0.05) is 0 Å². The van der Waals surface area contributed by atoms with Gasteiger partial charge < -0.3 is 5.11 Å². The molecule has 0 heterocycles. The Labute approximate surface area is 60.6 Å². The van der Waals surface area contributed by atoms with Gasteiger partial charge in [0.1, 0.15) is 0 Å². The second kappa shape index (κ2) is 2.86. The largest absolute Gasteiger partial charge is 0.481 e. The molecule has 0 amide bonds. The molecule has 1 rings (SSSR count). The van der Waals surface area contributed by atoms with Crippen molar-refractivity contribution in [2.24, 2.45) is 11.8 Å². The van der Waals surface area contributed by atoms with Crippen LogP contribution in [0.5, 0.6) is 0 Å². The van der Waals surface area contributed by atoms with E-state index >= 15 is 0 Å². The van der Waals surface area contributed by atoms with E-state index in [9.17, 15) is 4.79 Å². The molecule has 1 saturated carbocycles. The summed E-state index contributed by atoms with van der Waals surface area (Å²) in [6.07, 6.45) is 4.73. The van der Waals surface area contributed by atoms with E-state index < -0.39 is 5.97 Å². The van der Waals surface area contributed by atoms with Crippen molar-refractivity contribution in [1.29, 1.82) is 0 Å². The molecule has 1 atom stereocenters. The fraction of sp³-hybridized carbons (Fsp3) is 0.625. The third-order valence-corrected chi connectivity index (χ3v) is 1.89. The van der Waals surface area contributed by atoms with Crippen molar-refractivity contribution in [3.05, 3.63) is 12.7 Å². The van der Waals surface area contributed by atoms with Gasteiger partial charge in [0.05, 0.1) is 5.92 Å². The lowest BCUT2D eigenvalue weighted by atomic mass is 10.0. The summed E-state index contributed by atoms with van der Waals surface area (Å²) in [7, 11) is 0. The highest BCUT2D eigenvalue weighted by Gasteiger charge is 2.27. The first kappa shape index (κ1) is 7.32. The normalized spacial score (nSPS) is 20.0. The molecule has 0 bridgehead atoms. The molecule has 10 heavy (non-hydrogen) atoms. The third kappa shape index (κ3) is 1.87. The second-order valence-electron chi connectivity index (χ2n) is 2.86. The summed E-state index contributed by atoms with van der Waals surface area (Å²) in [5.41, 5.74) is 0. The van der Waals surface area contributed by atoms with E-state index in [1.54, 1.807) is 0 Å². The van der Waals surface area contributed by atoms with E-state index in [2.05, 4.69) is 6.58 Å². The SMILES string of the molecule is C=CC(CC1CC1)C(=O)O. The molecule has 2 heteroatoms. The van der Waals surface area contributed by atoms with Gasteiger partial charge in [0.15, 0.2) is 0 Å². The molecule has 1 aliphatic carbocycles. The maximum atomic E-state index is 10.4. The summed E-state index contributed by atoms with van der Waals surface area (Å²) in [6, 6.07) is 0. The fourth-order valence-corrected chi connectivity index (χ4v) is 1.01. The van der Waals surface area contributed by atoms with Crippen molar-refractivity contribution < 1.29 is 9.90 Å². The molecule has 2 nitrogen and oxygen atoms in total. The summed E-state index contributed by atoms with van der Waals surface area (Å²) < 4.78 is 0. The molecular weight excluding hydrogens is 128 g/mol. The molecule has 0 aromatic carbocycles. The van der Waals surface area contributed by atoms with Gasteiger partial charge >= 0.3 is 5.97 Å². The van der Waals surface area contributed by atoms with Crippen LogP contribution in [0.2, 0.25) is 0 Å². The van der Waals surface area contributed by atoms with Crippen LogP contribution in [-0.4, -0.2) is 11.1 Å². The number of aliphatic carboxylic acids is 1. The van der Waals surface area contributed by atoms with Crippen LogP contribution in [0, 0.1) is 11.8 Å². The Morgan fingerprint density at radius 1 is 1.80 bits per heavy atom. The van der Waals surface area contributed by atoms with Crippen LogP contribution >= 0.6 is 0 Å². The van der Waals surface area contributed by atoms with Crippen molar-refractivity contribution in [2.75, 3.05) is 0 Å². The lowest BCUT2D eigenvalue weighted by molar-refractivity contribution is -0.140. The van der Waals surface area contributed by atoms with Crippen molar-refractivity contribution in [1.82, 2.24) is 0 Å². The van der Waals surface area contributed by atoms with Crippen molar-refractivity contribution >= 4 is 5.97 Å². The summed E-state index contributed by atoms with van der Waals surface area (Å²) in [5.74, 6) is -0.381. The minimum atomic E-state index is -0.734. The van der Waals surface area contributed by atoms with Gasteiger partial charge in [-0.05, 0) is 12.3 Å². The molecule has 56 valence electrons. The van der Waals surface area contributed by atoms with Gasteiger partial charge in [0.2, 0.25) is 0 Å². The predicted molar refractivity (Wildman–Crippen MR) is 38.7 cm³/mol. The molecule has 0 aromatic rings. The van der Waals surface area contributed by atoms with E-state index in [0.717, 1.165) is 6.42 Å². The Hall–Kier alpha value is -0.790. The van der Waals surface area contributed by atoms with E-state index in [4.69, 9.17) is 5.11 Å². The predicted octanol–water partition coefficient (Wildman–Crippen LogP) is 1.67. The Morgan fingerprint density at radius 3 is 2.70 bits per heavy atom. The van der Waals surface area contributed by atoms with Crippen LogP contribution < -0.4 is 0 Å². The third-order valence-electron chi connectivity index (χ3n) is 1.89. The van der Waals surface area contributed by atoms with E-state index in [1.807, 2.05) is 0 Å². The van der Waals surface area contributed by atoms with Crippen LogP contribution in [0.3, 0.4) is 0 Å². The number of hydrogen-bond acceptors (Lipinski definition) is 1. The van der Waals surface area contributed by atoms with Crippen LogP contribution in [0.4, 0.5) is 0 Å². The zero-order valence-electron chi connectivity index (χ0n) is 5.92. The fourth-order valence-electron chi connectivity index (χ4n) is 1.01. The quantitative estimate of drug-likeness (QED) is 0.603. The lowest BCUT2D eigenvalue weighted by Crippen LogP contribution is -2.10. The molecular formula is C8H12O2. The van der Waals surface area contributed by atoms with Crippen molar-refractivity contribution in [2.45, 2.75) is 19.3 Å². The second-order valence-corrected chi connectivity index (χ2v) is 2.86. The Balaban J connectivity index is 2.31. The highest BCUT2D eigenvalue weighted by molar-refractivity contribution is 5.71.